The Labute approximate surface area is 213 Å². The van der Waals surface area contributed by atoms with E-state index in [4.69, 9.17) is 9.47 Å². The van der Waals surface area contributed by atoms with E-state index in [9.17, 15) is 14.9 Å². The molecule has 0 aliphatic carbocycles. The molecule has 11 nitrogen and oxygen atoms in total. The van der Waals surface area contributed by atoms with Gasteiger partial charge in [-0.3, -0.25) is 15.1 Å². The lowest BCUT2D eigenvalue weighted by Crippen LogP contribution is -2.24. The molecular weight excluding hydrogens is 476 g/mol. The van der Waals surface area contributed by atoms with Crippen molar-refractivity contribution in [2.45, 2.75) is 32.9 Å². The number of nitrogens with zero attached hydrogens (tertiary/aromatic N) is 4. The van der Waals surface area contributed by atoms with Crippen molar-refractivity contribution in [3.8, 4) is 5.75 Å². The minimum absolute atomic E-state index is 0.0353. The second-order valence-electron chi connectivity index (χ2n) is 8.08. The van der Waals surface area contributed by atoms with Gasteiger partial charge >= 0.3 is 6.09 Å². The molecule has 0 radical (unpaired) electrons. The first-order chi connectivity index (χ1) is 18.0. The monoisotopic (exact) mass is 502 g/mol. The number of carbonyl (C=O) groups excluding carboxylic acids is 1. The Morgan fingerprint density at radius 2 is 1.86 bits per heavy atom. The average molecular weight is 503 g/mol. The highest BCUT2D eigenvalue weighted by Gasteiger charge is 2.14. The Bertz CT molecular complexity index is 1380. The van der Waals surface area contributed by atoms with Crippen molar-refractivity contribution < 1.29 is 19.2 Å². The van der Waals surface area contributed by atoms with Gasteiger partial charge in [0.1, 0.15) is 24.0 Å². The van der Waals surface area contributed by atoms with Crippen LogP contribution in [0.25, 0.3) is 10.8 Å². The number of aromatic nitrogens is 3. The summed E-state index contributed by atoms with van der Waals surface area (Å²) in [6.45, 7) is 2.86. The molecule has 2 aromatic carbocycles. The maximum Gasteiger partial charge on any atom is 0.407 e. The van der Waals surface area contributed by atoms with Crippen molar-refractivity contribution in [3.63, 3.8) is 0 Å². The number of pyridine rings is 1. The number of non-ortho nitro benzene ring substituents is 1. The van der Waals surface area contributed by atoms with Crippen molar-refractivity contribution in [1.29, 1.82) is 0 Å². The third-order valence-corrected chi connectivity index (χ3v) is 5.38. The van der Waals surface area contributed by atoms with E-state index in [0.29, 0.717) is 40.5 Å². The van der Waals surface area contributed by atoms with Crippen LogP contribution in [0, 0.1) is 10.1 Å². The highest BCUT2D eigenvalue weighted by molar-refractivity contribution is 5.95. The Balaban J connectivity index is 1.35. The SMILES string of the molecule is CCCCOC(=O)NCc1cnc(Nc2cc(COc3ccc([N+](=O)[O-])c4ccccc34)ccn2)cn1. The quantitative estimate of drug-likeness (QED) is 0.159. The van der Waals surface area contributed by atoms with Crippen LogP contribution in [-0.2, 0) is 17.9 Å². The van der Waals surface area contributed by atoms with Crippen LogP contribution in [0.3, 0.4) is 0 Å². The van der Waals surface area contributed by atoms with E-state index < -0.39 is 11.0 Å². The first-order valence-corrected chi connectivity index (χ1v) is 11.8. The standard InChI is InChI=1S/C26H26N6O5/c1-2-3-12-36-26(33)30-15-19-14-29-25(16-28-19)31-24-13-18(10-11-27-24)17-37-23-9-8-22(32(34)35)20-6-4-5-7-21(20)23/h4-11,13-14,16H,2-3,12,15,17H2,1H3,(H,30,33)(H,27,29,31). The molecule has 2 N–H and O–H groups in total. The number of amides is 1. The number of anilines is 2. The number of unbranched alkanes of at least 4 members (excludes halogenated alkanes) is 1. The molecule has 0 fully saturated rings. The molecule has 190 valence electrons. The number of benzene rings is 2. The van der Waals surface area contributed by atoms with E-state index in [1.54, 1.807) is 42.9 Å². The van der Waals surface area contributed by atoms with Gasteiger partial charge in [0.2, 0.25) is 0 Å². The van der Waals surface area contributed by atoms with Gasteiger partial charge < -0.3 is 20.1 Å². The Kier molecular flexibility index (Phi) is 8.37. The summed E-state index contributed by atoms with van der Waals surface area (Å²) >= 11 is 0. The fraction of sp³-hybridized carbons (Fsp3) is 0.231. The van der Waals surface area contributed by atoms with Gasteiger partial charge in [-0.1, -0.05) is 31.5 Å². The Morgan fingerprint density at radius 1 is 1.03 bits per heavy atom. The maximum absolute atomic E-state index is 11.6. The molecule has 0 saturated carbocycles. The number of rotatable bonds is 11. The predicted molar refractivity (Wildman–Crippen MR) is 138 cm³/mol. The van der Waals surface area contributed by atoms with Crippen LogP contribution >= 0.6 is 0 Å². The van der Waals surface area contributed by atoms with E-state index in [1.807, 2.05) is 25.1 Å². The summed E-state index contributed by atoms with van der Waals surface area (Å²) in [6, 6.07) is 13.8. The summed E-state index contributed by atoms with van der Waals surface area (Å²) in [5.41, 5.74) is 1.46. The normalized spacial score (nSPS) is 10.6. The molecule has 0 unspecified atom stereocenters. The van der Waals surface area contributed by atoms with E-state index in [0.717, 1.165) is 18.4 Å². The summed E-state index contributed by atoms with van der Waals surface area (Å²) in [5.74, 6) is 1.59. The third kappa shape index (κ3) is 6.88. The van der Waals surface area contributed by atoms with Crippen molar-refractivity contribution in [2.24, 2.45) is 0 Å². The summed E-state index contributed by atoms with van der Waals surface area (Å²) in [5, 5.41) is 18.3. The number of nitro groups is 1. The molecule has 1 amide bonds. The summed E-state index contributed by atoms with van der Waals surface area (Å²) in [7, 11) is 0. The zero-order valence-corrected chi connectivity index (χ0v) is 20.2. The summed E-state index contributed by atoms with van der Waals surface area (Å²) in [4.78, 5) is 35.5. The van der Waals surface area contributed by atoms with Crippen molar-refractivity contribution in [2.75, 3.05) is 11.9 Å². The van der Waals surface area contributed by atoms with Crippen LogP contribution in [0.4, 0.5) is 22.1 Å². The molecule has 11 heteroatoms. The van der Waals surface area contributed by atoms with E-state index in [2.05, 4.69) is 25.6 Å². The highest BCUT2D eigenvalue weighted by atomic mass is 16.6. The molecule has 37 heavy (non-hydrogen) atoms. The van der Waals surface area contributed by atoms with Crippen LogP contribution in [0.1, 0.15) is 31.0 Å². The molecular formula is C26H26N6O5. The number of ether oxygens (including phenoxy) is 2. The number of hydrogen-bond donors (Lipinski definition) is 2. The second kappa shape index (κ2) is 12.2. The minimum Gasteiger partial charge on any atom is -0.488 e. The van der Waals surface area contributed by atoms with Crippen LogP contribution in [0.2, 0.25) is 0 Å². The van der Waals surface area contributed by atoms with Crippen LogP contribution < -0.4 is 15.4 Å². The lowest BCUT2D eigenvalue weighted by molar-refractivity contribution is -0.383. The van der Waals surface area contributed by atoms with Gasteiger partial charge in [0.05, 0.1) is 41.5 Å². The number of alkyl carbamates (subject to hydrolysis) is 1. The second-order valence-corrected chi connectivity index (χ2v) is 8.08. The smallest absolute Gasteiger partial charge is 0.407 e. The first kappa shape index (κ1) is 25.3. The zero-order valence-electron chi connectivity index (χ0n) is 20.2. The van der Waals surface area contributed by atoms with Gasteiger partial charge in [-0.05, 0) is 36.2 Å². The van der Waals surface area contributed by atoms with Gasteiger partial charge in [0.25, 0.3) is 5.69 Å². The molecule has 2 heterocycles. The van der Waals surface area contributed by atoms with Gasteiger partial charge in [-0.15, -0.1) is 0 Å². The molecule has 0 aliphatic rings. The van der Waals surface area contributed by atoms with Gasteiger partial charge in [0, 0.05) is 17.6 Å². The average Bonchev–Trinajstić information content (AvgIpc) is 2.91. The lowest BCUT2D eigenvalue weighted by atomic mass is 10.1. The topological polar surface area (TPSA) is 141 Å². The number of carbonyl (C=O) groups is 1. The molecule has 4 aromatic rings. The fourth-order valence-electron chi connectivity index (χ4n) is 3.50. The maximum atomic E-state index is 11.6. The largest absolute Gasteiger partial charge is 0.488 e. The molecule has 0 bridgehead atoms. The van der Waals surface area contributed by atoms with Gasteiger partial charge in [0.15, 0.2) is 0 Å². The molecule has 4 rings (SSSR count). The van der Waals surface area contributed by atoms with E-state index in [-0.39, 0.29) is 18.8 Å². The lowest BCUT2D eigenvalue weighted by Gasteiger charge is -2.11. The predicted octanol–water partition coefficient (Wildman–Crippen LogP) is 5.28. The van der Waals surface area contributed by atoms with Crippen molar-refractivity contribution in [1.82, 2.24) is 20.3 Å². The van der Waals surface area contributed by atoms with Crippen molar-refractivity contribution in [3.05, 3.63) is 88.5 Å². The molecule has 0 spiro atoms. The number of hydrogen-bond acceptors (Lipinski definition) is 9. The number of nitro benzene ring substituents is 1. The van der Waals surface area contributed by atoms with Crippen LogP contribution in [0.15, 0.2) is 67.1 Å². The zero-order chi connectivity index (χ0) is 26.0. The van der Waals surface area contributed by atoms with Gasteiger partial charge in [-0.25, -0.2) is 14.8 Å². The first-order valence-electron chi connectivity index (χ1n) is 11.8. The molecule has 0 saturated heterocycles. The van der Waals surface area contributed by atoms with Crippen LogP contribution in [0.5, 0.6) is 5.75 Å². The van der Waals surface area contributed by atoms with E-state index in [1.165, 1.54) is 6.07 Å². The van der Waals surface area contributed by atoms with Crippen molar-refractivity contribution >= 4 is 34.2 Å². The Morgan fingerprint density at radius 3 is 2.62 bits per heavy atom. The summed E-state index contributed by atoms with van der Waals surface area (Å²) in [6.07, 6.45) is 6.04. The molecule has 0 atom stereocenters. The minimum atomic E-state index is -0.484. The Hall–Kier alpha value is -4.80. The van der Waals surface area contributed by atoms with Gasteiger partial charge in [-0.2, -0.15) is 0 Å². The molecule has 0 aliphatic heterocycles. The van der Waals surface area contributed by atoms with E-state index >= 15 is 0 Å². The third-order valence-electron chi connectivity index (χ3n) is 5.38. The number of fused-ring (bicyclic) bond motifs is 1. The summed E-state index contributed by atoms with van der Waals surface area (Å²) < 4.78 is 11.0. The van der Waals surface area contributed by atoms with Crippen LogP contribution in [-0.4, -0.2) is 32.6 Å². The highest BCUT2D eigenvalue weighted by Crippen LogP contribution is 2.33. The molecule has 2 aromatic heterocycles. The fourth-order valence-corrected chi connectivity index (χ4v) is 3.50. The number of nitrogens with one attached hydrogen (secondary N) is 2.